The number of urea groups is 1. The topological polar surface area (TPSA) is 188 Å². The number of nitrogens with two attached hydrogens (primary N) is 1. The lowest BCUT2D eigenvalue weighted by Gasteiger charge is -2.29. The third-order valence-electron chi connectivity index (χ3n) is 9.06. The van der Waals surface area contributed by atoms with Gasteiger partial charge in [0.25, 0.3) is 17.7 Å². The van der Waals surface area contributed by atoms with Crippen molar-refractivity contribution < 1.29 is 29.1 Å². The molecule has 4 aromatic rings. The minimum atomic E-state index is -1.15. The molecule has 5 amide bonds. The van der Waals surface area contributed by atoms with Crippen LogP contribution in [0, 0.1) is 20.8 Å². The van der Waals surface area contributed by atoms with E-state index in [4.69, 9.17) is 5.73 Å². The van der Waals surface area contributed by atoms with E-state index in [1.165, 1.54) is 0 Å². The average molecular weight is 676 g/mol. The number of amides is 5. The Morgan fingerprint density at radius 1 is 0.900 bits per heavy atom. The molecule has 1 unspecified atom stereocenters. The smallest absolute Gasteiger partial charge is 0.337 e. The van der Waals surface area contributed by atoms with Crippen molar-refractivity contribution in [1.82, 2.24) is 9.47 Å². The molecule has 6 rings (SSSR count). The predicted octanol–water partition coefficient (Wildman–Crippen LogP) is 5.58. The lowest BCUT2D eigenvalue weighted by atomic mass is 10.0. The molecule has 0 bridgehead atoms. The zero-order chi connectivity index (χ0) is 35.7. The van der Waals surface area contributed by atoms with Gasteiger partial charge in [-0.15, -0.1) is 0 Å². The Bertz CT molecular complexity index is 2080. The Kier molecular flexibility index (Phi) is 9.25. The number of fused-ring (bicyclic) bond motifs is 1. The fraction of sp³-hybridized carbons (Fsp3) is 0.216. The van der Waals surface area contributed by atoms with E-state index in [1.807, 2.05) is 17.9 Å². The van der Waals surface area contributed by atoms with Gasteiger partial charge in [0.2, 0.25) is 0 Å². The Hall–Kier alpha value is -6.21. The number of aryl methyl sites for hydroxylation is 1. The van der Waals surface area contributed by atoms with Crippen LogP contribution in [-0.2, 0) is 9.59 Å². The van der Waals surface area contributed by atoms with Crippen molar-refractivity contribution in [2.75, 3.05) is 34.4 Å². The SMILES string of the molecule is Cc1ccc(NC(=O)c2ccccc2)cc1NC(=O)Nc1ccc2c(c1)NC(=O)C2=Cc1c(C)c(C(=O)O)c(C)n1C(C(N)=O)N1CCCC1. The molecule has 0 aliphatic carbocycles. The van der Waals surface area contributed by atoms with Gasteiger partial charge in [0.05, 0.1) is 16.8 Å². The lowest BCUT2D eigenvalue weighted by molar-refractivity contribution is -0.126. The highest BCUT2D eigenvalue weighted by Gasteiger charge is 2.35. The molecule has 0 radical (unpaired) electrons. The summed E-state index contributed by atoms with van der Waals surface area (Å²) >= 11 is 0. The maximum absolute atomic E-state index is 13.3. The summed E-state index contributed by atoms with van der Waals surface area (Å²) in [5.74, 6) is -2.47. The Morgan fingerprint density at radius 2 is 1.58 bits per heavy atom. The van der Waals surface area contributed by atoms with Gasteiger partial charge in [-0.2, -0.15) is 0 Å². The number of primary amides is 1. The van der Waals surface area contributed by atoms with Crippen molar-refractivity contribution in [3.63, 3.8) is 0 Å². The highest BCUT2D eigenvalue weighted by molar-refractivity contribution is 6.35. The average Bonchev–Trinajstić information content (AvgIpc) is 3.77. The second-order valence-corrected chi connectivity index (χ2v) is 12.4. The first-order valence-corrected chi connectivity index (χ1v) is 16.1. The second kappa shape index (κ2) is 13.7. The van der Waals surface area contributed by atoms with Crippen LogP contribution in [0.3, 0.4) is 0 Å². The van der Waals surface area contributed by atoms with Crippen molar-refractivity contribution in [2.45, 2.75) is 39.8 Å². The van der Waals surface area contributed by atoms with E-state index in [-0.39, 0.29) is 17.0 Å². The zero-order valence-corrected chi connectivity index (χ0v) is 27.8. The first-order valence-electron chi connectivity index (χ1n) is 16.1. The lowest BCUT2D eigenvalue weighted by Crippen LogP contribution is -2.41. The largest absolute Gasteiger partial charge is 0.478 e. The molecule has 13 nitrogen and oxygen atoms in total. The predicted molar refractivity (Wildman–Crippen MR) is 191 cm³/mol. The molecule has 2 aliphatic rings. The standard InChI is InChI=1S/C37H37N7O6/c1-20-11-12-24(39-33(46)23-9-5-4-6-10-23)17-28(20)42-37(50)40-25-13-14-26-27(34(47)41-29(26)18-25)19-30-21(2)31(36(48)49)22(3)44(30)35(32(38)45)43-15-7-8-16-43/h4-6,9-14,17-19,35H,7-8,15-16H2,1-3H3,(H2,38,45)(H,39,46)(H,41,47)(H,48,49)(H2,40,42,50). The fourth-order valence-corrected chi connectivity index (χ4v) is 6.61. The summed E-state index contributed by atoms with van der Waals surface area (Å²) < 4.78 is 1.62. The number of aromatic carboxylic acids is 1. The summed E-state index contributed by atoms with van der Waals surface area (Å²) in [4.78, 5) is 66.0. The van der Waals surface area contributed by atoms with Gasteiger partial charge in [0.15, 0.2) is 6.17 Å². The van der Waals surface area contributed by atoms with E-state index >= 15 is 0 Å². The number of carbonyl (C=O) groups excluding carboxylic acids is 4. The minimum Gasteiger partial charge on any atom is -0.478 e. The highest BCUT2D eigenvalue weighted by Crippen LogP contribution is 2.38. The third kappa shape index (κ3) is 6.58. The fourth-order valence-electron chi connectivity index (χ4n) is 6.61. The number of carbonyl (C=O) groups is 5. The van der Waals surface area contributed by atoms with Gasteiger partial charge in [0.1, 0.15) is 0 Å². The van der Waals surface area contributed by atoms with E-state index in [1.54, 1.807) is 85.2 Å². The van der Waals surface area contributed by atoms with Gasteiger partial charge in [-0.05, 0) is 87.2 Å². The van der Waals surface area contributed by atoms with Crippen LogP contribution in [0.4, 0.5) is 27.5 Å². The normalized spacial score (nSPS) is 15.3. The van der Waals surface area contributed by atoms with Gasteiger partial charge in [-0.25, -0.2) is 9.59 Å². The number of carboxylic acids is 1. The van der Waals surface area contributed by atoms with Crippen LogP contribution in [-0.4, -0.2) is 57.4 Å². The number of nitrogens with one attached hydrogen (secondary N) is 4. The van der Waals surface area contributed by atoms with Gasteiger partial charge in [-0.3, -0.25) is 19.3 Å². The number of aromatic nitrogens is 1. The third-order valence-corrected chi connectivity index (χ3v) is 9.06. The monoisotopic (exact) mass is 675 g/mol. The molecule has 50 heavy (non-hydrogen) atoms. The molecule has 2 aliphatic heterocycles. The summed E-state index contributed by atoms with van der Waals surface area (Å²) in [6.45, 7) is 6.37. The van der Waals surface area contributed by atoms with Crippen molar-refractivity contribution in [3.05, 3.63) is 106 Å². The van der Waals surface area contributed by atoms with Crippen LogP contribution in [0.5, 0.6) is 0 Å². The molecule has 0 spiro atoms. The quantitative estimate of drug-likeness (QED) is 0.125. The van der Waals surface area contributed by atoms with E-state index in [0.717, 1.165) is 18.4 Å². The molecule has 1 saturated heterocycles. The Labute approximate surface area is 288 Å². The van der Waals surface area contributed by atoms with Crippen molar-refractivity contribution in [1.29, 1.82) is 0 Å². The molecular formula is C37H37N7O6. The van der Waals surface area contributed by atoms with E-state index in [9.17, 15) is 29.1 Å². The molecule has 13 heteroatoms. The maximum Gasteiger partial charge on any atom is 0.337 e. The summed E-state index contributed by atoms with van der Waals surface area (Å²) in [7, 11) is 0. The van der Waals surface area contributed by atoms with Crippen LogP contribution in [0.25, 0.3) is 11.6 Å². The number of carboxylic acid groups (broad SMARTS) is 1. The van der Waals surface area contributed by atoms with Crippen molar-refractivity contribution in [3.8, 4) is 0 Å². The van der Waals surface area contributed by atoms with Crippen LogP contribution < -0.4 is 27.0 Å². The van der Waals surface area contributed by atoms with Crippen LogP contribution in [0.15, 0.2) is 66.7 Å². The van der Waals surface area contributed by atoms with Crippen molar-refractivity contribution >= 4 is 64.1 Å². The highest BCUT2D eigenvalue weighted by atomic mass is 16.4. The number of benzene rings is 3. The summed E-state index contributed by atoms with van der Waals surface area (Å²) in [5.41, 5.74) is 11.0. The zero-order valence-electron chi connectivity index (χ0n) is 27.8. The number of rotatable bonds is 9. The van der Waals surface area contributed by atoms with E-state index < -0.39 is 30.0 Å². The van der Waals surface area contributed by atoms with Crippen LogP contribution in [0.1, 0.15) is 67.8 Å². The van der Waals surface area contributed by atoms with Gasteiger partial charge in [-0.1, -0.05) is 30.3 Å². The number of hydrogen-bond donors (Lipinski definition) is 6. The molecule has 3 aromatic carbocycles. The Balaban J connectivity index is 1.24. The molecule has 3 heterocycles. The maximum atomic E-state index is 13.3. The van der Waals surface area contributed by atoms with Gasteiger partial charge in [0, 0.05) is 52.7 Å². The Morgan fingerprint density at radius 3 is 2.26 bits per heavy atom. The number of nitrogens with zero attached hydrogens (tertiary/aromatic N) is 2. The molecule has 0 saturated carbocycles. The molecule has 7 N–H and O–H groups in total. The van der Waals surface area contributed by atoms with Crippen LogP contribution >= 0.6 is 0 Å². The number of anilines is 4. The number of likely N-dealkylation sites (tertiary alicyclic amines) is 1. The second-order valence-electron chi connectivity index (χ2n) is 12.4. The molecule has 1 fully saturated rings. The molecule has 1 atom stereocenters. The van der Waals surface area contributed by atoms with E-state index in [0.29, 0.717) is 63.9 Å². The first kappa shape index (κ1) is 33.7. The molecular weight excluding hydrogens is 638 g/mol. The van der Waals surface area contributed by atoms with Crippen LogP contribution in [0.2, 0.25) is 0 Å². The van der Waals surface area contributed by atoms with Crippen molar-refractivity contribution in [2.24, 2.45) is 5.73 Å². The van der Waals surface area contributed by atoms with E-state index in [2.05, 4.69) is 21.3 Å². The summed E-state index contributed by atoms with van der Waals surface area (Å²) in [6, 6.07) is 18.4. The molecule has 256 valence electrons. The summed E-state index contributed by atoms with van der Waals surface area (Å²) in [6.07, 6.45) is 2.44. The molecule has 1 aromatic heterocycles. The first-order chi connectivity index (χ1) is 23.9. The van der Waals surface area contributed by atoms with Gasteiger partial charge < -0.3 is 36.7 Å². The minimum absolute atomic E-state index is 0.0471. The van der Waals surface area contributed by atoms with Gasteiger partial charge >= 0.3 is 12.0 Å². The summed E-state index contributed by atoms with van der Waals surface area (Å²) in [5, 5.41) is 21.3. The number of hydrogen-bond acceptors (Lipinski definition) is 6.